The number of amides is 2. The number of hydrogen-bond acceptors (Lipinski definition) is 3. The highest BCUT2D eigenvalue weighted by Crippen LogP contribution is 2.36. The minimum Gasteiger partial charge on any atom is -0.300 e. The number of rotatable bonds is 3. The summed E-state index contributed by atoms with van der Waals surface area (Å²) >= 11 is 0. The first-order valence-corrected chi connectivity index (χ1v) is 5.56. The SMILES string of the molecule is CC(C)N1C(=O)CC(NC2(C)CC2)C1=O. The van der Waals surface area contributed by atoms with Crippen molar-refractivity contribution in [2.45, 2.75) is 57.7 Å². The number of nitrogens with zero attached hydrogens (tertiary/aromatic N) is 1. The molecule has 2 aliphatic rings. The van der Waals surface area contributed by atoms with E-state index in [1.165, 1.54) is 4.90 Å². The fourth-order valence-corrected chi connectivity index (χ4v) is 2.06. The number of imide groups is 1. The largest absolute Gasteiger partial charge is 0.300 e. The van der Waals surface area contributed by atoms with E-state index >= 15 is 0 Å². The molecular formula is C11H18N2O2. The lowest BCUT2D eigenvalue weighted by molar-refractivity contribution is -0.140. The van der Waals surface area contributed by atoms with Crippen LogP contribution in [0.1, 0.15) is 40.0 Å². The number of carbonyl (C=O) groups excluding carboxylic acids is 2. The van der Waals surface area contributed by atoms with Gasteiger partial charge in [-0.15, -0.1) is 0 Å². The van der Waals surface area contributed by atoms with Crippen LogP contribution in [-0.2, 0) is 9.59 Å². The molecule has 0 bridgehead atoms. The van der Waals surface area contributed by atoms with Crippen LogP contribution < -0.4 is 5.32 Å². The van der Waals surface area contributed by atoms with Crippen LogP contribution in [0.15, 0.2) is 0 Å². The highest BCUT2D eigenvalue weighted by molar-refractivity contribution is 6.05. The summed E-state index contributed by atoms with van der Waals surface area (Å²) in [5, 5.41) is 3.28. The number of hydrogen-bond donors (Lipinski definition) is 1. The maximum absolute atomic E-state index is 11.9. The highest BCUT2D eigenvalue weighted by Gasteiger charge is 2.46. The van der Waals surface area contributed by atoms with Gasteiger partial charge in [-0.2, -0.15) is 0 Å². The lowest BCUT2D eigenvalue weighted by atomic mass is 10.2. The first-order valence-electron chi connectivity index (χ1n) is 5.56. The van der Waals surface area contributed by atoms with Crippen molar-refractivity contribution in [3.63, 3.8) is 0 Å². The Hall–Kier alpha value is -0.900. The lowest BCUT2D eigenvalue weighted by Gasteiger charge is -2.20. The van der Waals surface area contributed by atoms with Crippen LogP contribution in [0.25, 0.3) is 0 Å². The molecule has 4 heteroatoms. The van der Waals surface area contributed by atoms with E-state index < -0.39 is 0 Å². The van der Waals surface area contributed by atoms with Gasteiger partial charge in [0.1, 0.15) is 0 Å². The zero-order valence-corrected chi connectivity index (χ0v) is 9.54. The van der Waals surface area contributed by atoms with Crippen molar-refractivity contribution in [1.29, 1.82) is 0 Å². The van der Waals surface area contributed by atoms with Crippen LogP contribution in [0.4, 0.5) is 0 Å². The molecule has 1 saturated heterocycles. The van der Waals surface area contributed by atoms with Gasteiger partial charge in [-0.05, 0) is 33.6 Å². The molecule has 1 atom stereocenters. The molecule has 2 rings (SSSR count). The average Bonchev–Trinajstić information content (AvgIpc) is 2.74. The molecule has 1 N–H and O–H groups in total. The maximum Gasteiger partial charge on any atom is 0.247 e. The van der Waals surface area contributed by atoms with Gasteiger partial charge in [0.2, 0.25) is 11.8 Å². The predicted molar refractivity (Wildman–Crippen MR) is 56.2 cm³/mol. The summed E-state index contributed by atoms with van der Waals surface area (Å²) in [5.41, 5.74) is 0.105. The summed E-state index contributed by atoms with van der Waals surface area (Å²) in [6.07, 6.45) is 2.53. The molecule has 2 amide bonds. The smallest absolute Gasteiger partial charge is 0.247 e. The van der Waals surface area contributed by atoms with Crippen LogP contribution in [-0.4, -0.2) is 34.3 Å². The summed E-state index contributed by atoms with van der Waals surface area (Å²) in [7, 11) is 0. The maximum atomic E-state index is 11.9. The third-order valence-corrected chi connectivity index (χ3v) is 3.22. The van der Waals surface area contributed by atoms with E-state index in [0.29, 0.717) is 6.42 Å². The molecule has 1 saturated carbocycles. The van der Waals surface area contributed by atoms with Crippen molar-refractivity contribution in [1.82, 2.24) is 10.2 Å². The monoisotopic (exact) mass is 210 g/mol. The van der Waals surface area contributed by atoms with Gasteiger partial charge in [0.25, 0.3) is 0 Å². The summed E-state index contributed by atoms with van der Waals surface area (Å²) in [6, 6.07) is -0.309. The van der Waals surface area contributed by atoms with Gasteiger partial charge in [0, 0.05) is 11.6 Å². The van der Waals surface area contributed by atoms with E-state index in [0.717, 1.165) is 12.8 Å². The Labute approximate surface area is 90.0 Å². The normalized spacial score (nSPS) is 29.1. The van der Waals surface area contributed by atoms with Crippen LogP contribution >= 0.6 is 0 Å². The van der Waals surface area contributed by atoms with E-state index in [1.54, 1.807) is 0 Å². The van der Waals surface area contributed by atoms with Crippen LogP contribution in [0, 0.1) is 0 Å². The quantitative estimate of drug-likeness (QED) is 0.696. The Morgan fingerprint density at radius 3 is 2.40 bits per heavy atom. The molecule has 4 nitrogen and oxygen atoms in total. The fraction of sp³-hybridized carbons (Fsp3) is 0.818. The van der Waals surface area contributed by atoms with Crippen molar-refractivity contribution in [3.05, 3.63) is 0 Å². The van der Waals surface area contributed by atoms with Gasteiger partial charge in [-0.25, -0.2) is 0 Å². The number of likely N-dealkylation sites (tertiary alicyclic amines) is 1. The molecule has 1 aliphatic heterocycles. The molecular weight excluding hydrogens is 192 g/mol. The minimum atomic E-state index is -0.285. The summed E-state index contributed by atoms with van der Waals surface area (Å²) < 4.78 is 0. The average molecular weight is 210 g/mol. The zero-order valence-electron chi connectivity index (χ0n) is 9.54. The molecule has 15 heavy (non-hydrogen) atoms. The standard InChI is InChI=1S/C11H18N2O2/c1-7(2)13-9(14)6-8(10(13)15)12-11(3)4-5-11/h7-8,12H,4-6H2,1-3H3. The molecule has 0 spiro atoms. The first-order chi connectivity index (χ1) is 6.93. The van der Waals surface area contributed by atoms with E-state index in [4.69, 9.17) is 0 Å². The lowest BCUT2D eigenvalue weighted by Crippen LogP contribution is -2.45. The number of carbonyl (C=O) groups is 2. The minimum absolute atomic E-state index is 0.0243. The van der Waals surface area contributed by atoms with Crippen molar-refractivity contribution in [2.75, 3.05) is 0 Å². The Morgan fingerprint density at radius 2 is 2.00 bits per heavy atom. The van der Waals surface area contributed by atoms with Crippen LogP contribution in [0.5, 0.6) is 0 Å². The summed E-state index contributed by atoms with van der Waals surface area (Å²) in [4.78, 5) is 24.9. The molecule has 84 valence electrons. The van der Waals surface area contributed by atoms with Crippen molar-refractivity contribution in [3.8, 4) is 0 Å². The van der Waals surface area contributed by atoms with Gasteiger partial charge in [-0.1, -0.05) is 0 Å². The Bertz CT molecular complexity index is 308. The number of nitrogens with one attached hydrogen (secondary N) is 1. The van der Waals surface area contributed by atoms with Crippen LogP contribution in [0.3, 0.4) is 0 Å². The topological polar surface area (TPSA) is 49.4 Å². The second kappa shape index (κ2) is 3.30. The van der Waals surface area contributed by atoms with Crippen molar-refractivity contribution in [2.24, 2.45) is 0 Å². The molecule has 0 radical (unpaired) electrons. The summed E-state index contributed by atoms with van der Waals surface area (Å²) in [5.74, 6) is -0.0973. The van der Waals surface area contributed by atoms with E-state index in [-0.39, 0.29) is 29.4 Å². The second-order valence-corrected chi connectivity index (χ2v) is 5.16. The van der Waals surface area contributed by atoms with Gasteiger partial charge in [-0.3, -0.25) is 14.5 Å². The van der Waals surface area contributed by atoms with E-state index in [1.807, 2.05) is 13.8 Å². The molecule has 1 unspecified atom stereocenters. The molecule has 1 heterocycles. The van der Waals surface area contributed by atoms with Gasteiger partial charge < -0.3 is 5.32 Å². The Balaban J connectivity index is 2.04. The molecule has 0 aromatic heterocycles. The van der Waals surface area contributed by atoms with E-state index in [2.05, 4.69) is 12.2 Å². The second-order valence-electron chi connectivity index (χ2n) is 5.16. The molecule has 1 aliphatic carbocycles. The predicted octanol–water partition coefficient (Wildman–Crippen LogP) is 0.664. The zero-order chi connectivity index (χ0) is 11.2. The molecule has 0 aromatic rings. The summed E-state index contributed by atoms with van der Waals surface area (Å²) in [6.45, 7) is 5.84. The van der Waals surface area contributed by atoms with Crippen LogP contribution in [0.2, 0.25) is 0 Å². The molecule has 0 aromatic carbocycles. The van der Waals surface area contributed by atoms with Crippen molar-refractivity contribution < 1.29 is 9.59 Å². The van der Waals surface area contributed by atoms with Gasteiger partial charge in [0.05, 0.1) is 12.5 Å². The Morgan fingerprint density at radius 1 is 1.40 bits per heavy atom. The Kier molecular flexibility index (Phi) is 2.34. The highest BCUT2D eigenvalue weighted by atomic mass is 16.2. The van der Waals surface area contributed by atoms with Gasteiger partial charge >= 0.3 is 0 Å². The third-order valence-electron chi connectivity index (χ3n) is 3.22. The first kappa shape index (κ1) is 10.6. The van der Waals surface area contributed by atoms with Crippen molar-refractivity contribution >= 4 is 11.8 Å². The van der Waals surface area contributed by atoms with Gasteiger partial charge in [0.15, 0.2) is 0 Å². The third kappa shape index (κ3) is 1.91. The fourth-order valence-electron chi connectivity index (χ4n) is 2.06. The molecule has 2 fully saturated rings. The van der Waals surface area contributed by atoms with E-state index in [9.17, 15) is 9.59 Å².